The Bertz CT molecular complexity index is 159. The van der Waals surface area contributed by atoms with Crippen LogP contribution in [0.1, 0.15) is 12.8 Å². The smallest absolute Gasteiger partial charge is 0.146 e. The highest BCUT2D eigenvalue weighted by atomic mass is 16.1. The first-order chi connectivity index (χ1) is 4.25. The predicted octanol–water partition coefficient (Wildman–Crippen LogP) is 1.71. The third-order valence-electron chi connectivity index (χ3n) is 2.01. The largest absolute Gasteiger partial charge is 0.298 e. The van der Waals surface area contributed by atoms with Gasteiger partial charge in [-0.1, -0.05) is 12.2 Å². The molecule has 0 bridgehead atoms. The maximum Gasteiger partial charge on any atom is 0.146 e. The van der Waals surface area contributed by atoms with E-state index in [1.54, 1.807) is 12.2 Å². The van der Waals surface area contributed by atoms with Crippen molar-refractivity contribution in [3.63, 3.8) is 0 Å². The molecule has 1 nitrogen and oxygen atoms in total. The third kappa shape index (κ3) is 0.645. The van der Waals surface area contributed by atoms with E-state index in [2.05, 4.69) is 13.2 Å². The summed E-state index contributed by atoms with van der Waals surface area (Å²) in [6, 6.07) is 0. The van der Waals surface area contributed by atoms with E-state index in [0.29, 0.717) is 6.42 Å². The number of carbonyl (C=O) groups excluding carboxylic acids is 1. The second kappa shape index (κ2) is 1.83. The van der Waals surface area contributed by atoms with Gasteiger partial charge in [0.15, 0.2) is 0 Å². The van der Waals surface area contributed by atoms with E-state index in [4.69, 9.17) is 0 Å². The Morgan fingerprint density at radius 1 is 1.44 bits per heavy atom. The van der Waals surface area contributed by atoms with Crippen molar-refractivity contribution in [3.8, 4) is 0 Å². The highest BCUT2D eigenvalue weighted by Crippen LogP contribution is 2.38. The molecule has 0 saturated heterocycles. The van der Waals surface area contributed by atoms with Gasteiger partial charge in [-0.15, -0.1) is 13.2 Å². The maximum absolute atomic E-state index is 10.9. The van der Waals surface area contributed by atoms with Crippen LogP contribution in [0.4, 0.5) is 0 Å². The minimum absolute atomic E-state index is 0.257. The molecule has 0 N–H and O–H groups in total. The summed E-state index contributed by atoms with van der Waals surface area (Å²) in [5.41, 5.74) is -0.347. The summed E-state index contributed by atoms with van der Waals surface area (Å²) in [5, 5.41) is 0. The normalized spacial score (nSPS) is 22.4. The number of allylic oxidation sites excluding steroid dienone is 2. The van der Waals surface area contributed by atoms with Crippen molar-refractivity contribution in [1.29, 1.82) is 0 Å². The van der Waals surface area contributed by atoms with Crippen molar-refractivity contribution in [2.75, 3.05) is 0 Å². The number of carbonyl (C=O) groups is 1. The Kier molecular flexibility index (Phi) is 1.28. The highest BCUT2D eigenvalue weighted by molar-refractivity contribution is 5.94. The van der Waals surface area contributed by atoms with Crippen molar-refractivity contribution in [2.24, 2.45) is 5.41 Å². The van der Waals surface area contributed by atoms with Crippen molar-refractivity contribution in [2.45, 2.75) is 12.8 Å². The summed E-state index contributed by atoms with van der Waals surface area (Å²) in [6.07, 6.45) is 4.97. The molecule has 0 unspecified atom stereocenters. The minimum Gasteiger partial charge on any atom is -0.298 e. The van der Waals surface area contributed by atoms with E-state index in [9.17, 15) is 4.79 Å². The quantitative estimate of drug-likeness (QED) is 0.509. The number of hydrogen-bond acceptors (Lipinski definition) is 1. The van der Waals surface area contributed by atoms with Crippen LogP contribution in [0.5, 0.6) is 0 Å². The van der Waals surface area contributed by atoms with E-state index >= 15 is 0 Å². The first-order valence-corrected chi connectivity index (χ1v) is 3.06. The van der Waals surface area contributed by atoms with Gasteiger partial charge < -0.3 is 0 Å². The molecule has 0 aromatic heterocycles. The van der Waals surface area contributed by atoms with Crippen molar-refractivity contribution >= 4 is 5.78 Å². The van der Waals surface area contributed by atoms with Crippen LogP contribution in [-0.4, -0.2) is 5.78 Å². The first-order valence-electron chi connectivity index (χ1n) is 3.06. The molecule has 0 atom stereocenters. The zero-order valence-corrected chi connectivity index (χ0v) is 5.39. The summed E-state index contributed by atoms with van der Waals surface area (Å²) in [7, 11) is 0. The first kappa shape index (κ1) is 6.27. The summed E-state index contributed by atoms with van der Waals surface area (Å²) in [4.78, 5) is 10.9. The lowest BCUT2D eigenvalue weighted by molar-refractivity contribution is -0.131. The Morgan fingerprint density at radius 2 is 2.00 bits per heavy atom. The molecule has 0 amide bonds. The van der Waals surface area contributed by atoms with Crippen molar-refractivity contribution in [1.82, 2.24) is 0 Å². The summed E-state index contributed by atoms with van der Waals surface area (Å²) >= 11 is 0. The summed E-state index contributed by atoms with van der Waals surface area (Å²) < 4.78 is 0. The van der Waals surface area contributed by atoms with Gasteiger partial charge in [0.25, 0.3) is 0 Å². The van der Waals surface area contributed by atoms with Crippen LogP contribution < -0.4 is 0 Å². The average Bonchev–Trinajstić information content (AvgIpc) is 1.89. The van der Waals surface area contributed by atoms with Gasteiger partial charge in [-0.25, -0.2) is 0 Å². The van der Waals surface area contributed by atoms with Gasteiger partial charge in [0.05, 0.1) is 5.41 Å². The van der Waals surface area contributed by atoms with Gasteiger partial charge in [0.2, 0.25) is 0 Å². The highest BCUT2D eigenvalue weighted by Gasteiger charge is 2.39. The molecule has 9 heavy (non-hydrogen) atoms. The van der Waals surface area contributed by atoms with E-state index in [1.807, 2.05) is 0 Å². The van der Waals surface area contributed by atoms with Gasteiger partial charge in [0.1, 0.15) is 5.78 Å². The molecule has 1 fully saturated rings. The fraction of sp³-hybridized carbons (Fsp3) is 0.375. The zero-order chi connectivity index (χ0) is 6.91. The Balaban J connectivity index is 2.81. The van der Waals surface area contributed by atoms with Crippen LogP contribution in [0, 0.1) is 5.41 Å². The van der Waals surface area contributed by atoms with E-state index in [-0.39, 0.29) is 11.2 Å². The van der Waals surface area contributed by atoms with Crippen LogP contribution in [0.25, 0.3) is 0 Å². The van der Waals surface area contributed by atoms with Crippen LogP contribution in [0.2, 0.25) is 0 Å². The van der Waals surface area contributed by atoms with E-state index < -0.39 is 0 Å². The molecule has 0 aromatic carbocycles. The Hall–Kier alpha value is -0.850. The minimum atomic E-state index is -0.347. The molecular weight excluding hydrogens is 112 g/mol. The lowest BCUT2D eigenvalue weighted by atomic mass is 9.68. The Morgan fingerprint density at radius 3 is 2.00 bits per heavy atom. The van der Waals surface area contributed by atoms with Gasteiger partial charge >= 0.3 is 0 Å². The van der Waals surface area contributed by atoms with Crippen LogP contribution in [-0.2, 0) is 4.79 Å². The summed E-state index contributed by atoms with van der Waals surface area (Å²) in [6.45, 7) is 7.17. The number of hydrogen-bond donors (Lipinski definition) is 0. The van der Waals surface area contributed by atoms with Crippen LogP contribution in [0.3, 0.4) is 0 Å². The van der Waals surface area contributed by atoms with E-state index in [1.165, 1.54) is 0 Å². The van der Waals surface area contributed by atoms with Gasteiger partial charge in [0, 0.05) is 6.42 Å². The fourth-order valence-corrected chi connectivity index (χ4v) is 1.03. The average molecular weight is 122 g/mol. The number of ketones is 1. The van der Waals surface area contributed by atoms with Gasteiger partial charge in [-0.05, 0) is 6.42 Å². The molecule has 1 saturated carbocycles. The predicted molar refractivity (Wildman–Crippen MR) is 37.1 cm³/mol. The molecule has 1 heteroatoms. The lowest BCUT2D eigenvalue weighted by Crippen LogP contribution is -2.36. The topological polar surface area (TPSA) is 17.1 Å². The molecular formula is C8H10O. The third-order valence-corrected chi connectivity index (χ3v) is 2.01. The molecule has 0 spiro atoms. The lowest BCUT2D eigenvalue weighted by Gasteiger charge is -2.33. The molecule has 1 aliphatic rings. The molecule has 48 valence electrons. The van der Waals surface area contributed by atoms with Crippen molar-refractivity contribution in [3.05, 3.63) is 25.3 Å². The molecule has 1 aliphatic carbocycles. The zero-order valence-electron chi connectivity index (χ0n) is 5.39. The second-order valence-electron chi connectivity index (χ2n) is 2.37. The molecule has 0 aromatic rings. The standard InChI is InChI=1S/C8H10O/c1-3-8(4-2)6-5-7(8)9/h3-4H,1-2,5-6H2. The molecule has 1 rings (SSSR count). The second-order valence-corrected chi connectivity index (χ2v) is 2.37. The van der Waals surface area contributed by atoms with Crippen LogP contribution in [0.15, 0.2) is 25.3 Å². The van der Waals surface area contributed by atoms with E-state index in [0.717, 1.165) is 6.42 Å². The van der Waals surface area contributed by atoms with Gasteiger partial charge in [-0.2, -0.15) is 0 Å². The number of rotatable bonds is 2. The Labute approximate surface area is 55.1 Å². The van der Waals surface area contributed by atoms with Gasteiger partial charge in [-0.3, -0.25) is 4.79 Å². The molecule has 0 heterocycles. The maximum atomic E-state index is 10.9. The number of Topliss-reactive ketones (excluding diaryl/α,β-unsaturated/α-hetero) is 1. The van der Waals surface area contributed by atoms with Crippen LogP contribution >= 0.6 is 0 Å². The monoisotopic (exact) mass is 122 g/mol. The van der Waals surface area contributed by atoms with Crippen molar-refractivity contribution < 1.29 is 4.79 Å². The molecule has 0 aliphatic heterocycles. The summed E-state index contributed by atoms with van der Waals surface area (Å²) in [5.74, 6) is 0.257. The fourth-order valence-electron chi connectivity index (χ4n) is 1.03. The molecule has 0 radical (unpaired) electrons. The SMILES string of the molecule is C=CC1(C=C)CCC1=O.